The third-order valence-corrected chi connectivity index (χ3v) is 4.36. The van der Waals surface area contributed by atoms with E-state index in [0.29, 0.717) is 31.0 Å². The molecule has 3 aromatic heterocycles. The highest BCUT2D eigenvalue weighted by atomic mass is 16.3. The minimum Gasteiger partial charge on any atom is -0.469 e. The van der Waals surface area contributed by atoms with E-state index in [-0.39, 0.29) is 11.8 Å². The Morgan fingerprint density at radius 2 is 2.33 bits per heavy atom. The minimum atomic E-state index is -0.0266. The zero-order chi connectivity index (χ0) is 16.5. The average molecular weight is 326 g/mol. The standard InChI is InChI=1S/C16H18N6O2/c1-12-14(2-5-24-12)16(23)21-7-13(8-22-11-17-10-19-22)6-20-4-3-18-15(20)9-21/h2-5,10-11,13H,6-9H2,1H3. The molecule has 4 heterocycles. The van der Waals surface area contributed by atoms with Crippen molar-refractivity contribution in [1.82, 2.24) is 29.2 Å². The summed E-state index contributed by atoms with van der Waals surface area (Å²) in [6.07, 6.45) is 8.51. The fourth-order valence-electron chi connectivity index (χ4n) is 3.18. The van der Waals surface area contributed by atoms with E-state index in [4.69, 9.17) is 4.42 Å². The SMILES string of the molecule is Cc1occc1C(=O)N1Cc2nccn2CC(Cn2cncn2)C1. The van der Waals surface area contributed by atoms with Gasteiger partial charge in [-0.05, 0) is 13.0 Å². The van der Waals surface area contributed by atoms with Gasteiger partial charge in [-0.25, -0.2) is 9.97 Å². The summed E-state index contributed by atoms with van der Waals surface area (Å²) in [5.74, 6) is 1.73. The lowest BCUT2D eigenvalue weighted by Gasteiger charge is -2.23. The Morgan fingerprint density at radius 1 is 1.42 bits per heavy atom. The molecule has 8 heteroatoms. The second-order valence-corrected chi connectivity index (χ2v) is 6.06. The third-order valence-electron chi connectivity index (χ3n) is 4.36. The van der Waals surface area contributed by atoms with Crippen LogP contribution >= 0.6 is 0 Å². The molecule has 0 N–H and O–H groups in total. The number of carbonyl (C=O) groups excluding carboxylic acids is 1. The van der Waals surface area contributed by atoms with E-state index >= 15 is 0 Å². The Morgan fingerprint density at radius 3 is 3.08 bits per heavy atom. The lowest BCUT2D eigenvalue weighted by Crippen LogP contribution is -2.35. The number of imidazole rings is 1. The summed E-state index contributed by atoms with van der Waals surface area (Å²) in [6.45, 7) is 4.42. The number of hydrogen-bond acceptors (Lipinski definition) is 5. The van der Waals surface area contributed by atoms with Crippen molar-refractivity contribution in [3.05, 3.63) is 54.5 Å². The van der Waals surface area contributed by atoms with Gasteiger partial charge in [0.1, 0.15) is 24.2 Å². The number of rotatable bonds is 3. The lowest BCUT2D eigenvalue weighted by molar-refractivity contribution is 0.0711. The molecular weight excluding hydrogens is 308 g/mol. The number of aryl methyl sites for hydroxylation is 1. The summed E-state index contributed by atoms with van der Waals surface area (Å²) in [5.41, 5.74) is 0.606. The van der Waals surface area contributed by atoms with Gasteiger partial charge in [-0.1, -0.05) is 0 Å². The number of amides is 1. The molecule has 1 aliphatic rings. The molecule has 0 aromatic carbocycles. The average Bonchev–Trinajstić information content (AvgIpc) is 3.28. The highest BCUT2D eigenvalue weighted by Crippen LogP contribution is 2.20. The maximum absolute atomic E-state index is 12.9. The molecule has 1 atom stereocenters. The van der Waals surface area contributed by atoms with Crippen LogP contribution in [0.3, 0.4) is 0 Å². The Bertz CT molecular complexity index is 835. The quantitative estimate of drug-likeness (QED) is 0.725. The largest absolute Gasteiger partial charge is 0.469 e. The molecule has 0 aliphatic carbocycles. The Hall–Kier alpha value is -2.90. The molecule has 0 saturated carbocycles. The molecule has 0 fully saturated rings. The number of furan rings is 1. The molecule has 8 nitrogen and oxygen atoms in total. The van der Waals surface area contributed by atoms with Crippen LogP contribution in [0.25, 0.3) is 0 Å². The zero-order valence-electron chi connectivity index (χ0n) is 13.4. The third kappa shape index (κ3) is 2.70. The molecule has 0 radical (unpaired) electrons. The second-order valence-electron chi connectivity index (χ2n) is 6.06. The maximum Gasteiger partial charge on any atom is 0.257 e. The van der Waals surface area contributed by atoms with Crippen molar-refractivity contribution in [2.75, 3.05) is 6.54 Å². The fourth-order valence-corrected chi connectivity index (χ4v) is 3.18. The van der Waals surface area contributed by atoms with E-state index in [1.54, 1.807) is 36.5 Å². The Kier molecular flexibility index (Phi) is 3.64. The van der Waals surface area contributed by atoms with Gasteiger partial charge in [0, 0.05) is 37.9 Å². The molecule has 1 unspecified atom stereocenters. The maximum atomic E-state index is 12.9. The first-order valence-corrected chi connectivity index (χ1v) is 7.86. The summed E-state index contributed by atoms with van der Waals surface area (Å²) in [6, 6.07) is 1.72. The van der Waals surface area contributed by atoms with Gasteiger partial charge in [0.05, 0.1) is 18.4 Å². The van der Waals surface area contributed by atoms with E-state index < -0.39 is 0 Å². The van der Waals surface area contributed by atoms with Gasteiger partial charge in [0.2, 0.25) is 0 Å². The van der Waals surface area contributed by atoms with Crippen LogP contribution in [0.1, 0.15) is 21.9 Å². The van der Waals surface area contributed by atoms with Gasteiger partial charge in [0.15, 0.2) is 0 Å². The number of nitrogens with zero attached hydrogens (tertiary/aromatic N) is 6. The van der Waals surface area contributed by atoms with Crippen LogP contribution in [0.15, 0.2) is 41.8 Å². The van der Waals surface area contributed by atoms with Crippen LogP contribution in [-0.4, -0.2) is 41.7 Å². The molecule has 0 bridgehead atoms. The summed E-state index contributed by atoms with van der Waals surface area (Å²) >= 11 is 0. The molecule has 0 spiro atoms. The van der Waals surface area contributed by atoms with Crippen LogP contribution in [0.5, 0.6) is 0 Å². The van der Waals surface area contributed by atoms with Gasteiger partial charge in [-0.2, -0.15) is 5.10 Å². The molecule has 1 amide bonds. The fraction of sp³-hybridized carbons (Fsp3) is 0.375. The molecule has 124 valence electrons. The van der Waals surface area contributed by atoms with E-state index in [1.165, 1.54) is 6.33 Å². The number of carbonyl (C=O) groups is 1. The highest BCUT2D eigenvalue weighted by molar-refractivity contribution is 5.95. The minimum absolute atomic E-state index is 0.0266. The Labute approximate surface area is 138 Å². The van der Waals surface area contributed by atoms with Crippen LogP contribution in [-0.2, 0) is 19.6 Å². The van der Waals surface area contributed by atoms with E-state index in [1.807, 2.05) is 11.1 Å². The van der Waals surface area contributed by atoms with Crippen molar-refractivity contribution < 1.29 is 9.21 Å². The summed E-state index contributed by atoms with van der Waals surface area (Å²) in [5, 5.41) is 4.18. The molecular formula is C16H18N6O2. The number of hydrogen-bond donors (Lipinski definition) is 0. The summed E-state index contributed by atoms with van der Waals surface area (Å²) in [7, 11) is 0. The van der Waals surface area contributed by atoms with Crippen molar-refractivity contribution in [2.45, 2.75) is 26.6 Å². The van der Waals surface area contributed by atoms with Gasteiger partial charge < -0.3 is 13.9 Å². The highest BCUT2D eigenvalue weighted by Gasteiger charge is 2.28. The van der Waals surface area contributed by atoms with Crippen LogP contribution in [0.4, 0.5) is 0 Å². The molecule has 3 aromatic rings. The first-order chi connectivity index (χ1) is 11.7. The summed E-state index contributed by atoms with van der Waals surface area (Å²) < 4.78 is 9.20. The molecule has 0 saturated heterocycles. The van der Waals surface area contributed by atoms with Crippen molar-refractivity contribution in [2.24, 2.45) is 5.92 Å². The Balaban J connectivity index is 1.61. The second kappa shape index (κ2) is 5.95. The van der Waals surface area contributed by atoms with Gasteiger partial charge in [-0.3, -0.25) is 9.48 Å². The first-order valence-electron chi connectivity index (χ1n) is 7.86. The zero-order valence-corrected chi connectivity index (χ0v) is 13.4. The number of fused-ring (bicyclic) bond motifs is 1. The van der Waals surface area contributed by atoms with Gasteiger partial charge >= 0.3 is 0 Å². The lowest BCUT2D eigenvalue weighted by atomic mass is 10.1. The predicted octanol–water partition coefficient (Wildman–Crippen LogP) is 1.35. The van der Waals surface area contributed by atoms with Crippen molar-refractivity contribution in [3.8, 4) is 0 Å². The van der Waals surface area contributed by atoms with Crippen LogP contribution in [0.2, 0.25) is 0 Å². The van der Waals surface area contributed by atoms with E-state index in [0.717, 1.165) is 12.4 Å². The first kappa shape index (κ1) is 14.7. The topological polar surface area (TPSA) is 82.0 Å². The monoisotopic (exact) mass is 326 g/mol. The molecule has 24 heavy (non-hydrogen) atoms. The van der Waals surface area contributed by atoms with E-state index in [9.17, 15) is 4.79 Å². The predicted molar refractivity (Wildman–Crippen MR) is 83.9 cm³/mol. The van der Waals surface area contributed by atoms with E-state index in [2.05, 4.69) is 19.6 Å². The molecule has 1 aliphatic heterocycles. The van der Waals surface area contributed by atoms with Crippen LogP contribution in [0, 0.1) is 12.8 Å². The van der Waals surface area contributed by atoms with Crippen molar-refractivity contribution >= 4 is 5.91 Å². The van der Waals surface area contributed by atoms with Crippen molar-refractivity contribution in [1.29, 1.82) is 0 Å². The smallest absolute Gasteiger partial charge is 0.257 e. The van der Waals surface area contributed by atoms with Crippen LogP contribution < -0.4 is 0 Å². The molecule has 4 rings (SSSR count). The van der Waals surface area contributed by atoms with Gasteiger partial charge in [-0.15, -0.1) is 0 Å². The normalized spacial score (nSPS) is 17.5. The van der Waals surface area contributed by atoms with Crippen molar-refractivity contribution in [3.63, 3.8) is 0 Å². The number of aromatic nitrogens is 5. The summed E-state index contributed by atoms with van der Waals surface area (Å²) in [4.78, 5) is 23.1. The van der Waals surface area contributed by atoms with Gasteiger partial charge in [0.25, 0.3) is 5.91 Å².